The molecule has 29 heavy (non-hydrogen) atoms. The van der Waals surface area contributed by atoms with E-state index in [-0.39, 0.29) is 5.57 Å². The summed E-state index contributed by atoms with van der Waals surface area (Å²) in [6, 6.07) is 23.2. The summed E-state index contributed by atoms with van der Waals surface area (Å²) < 4.78 is 27.5. The van der Waals surface area contributed by atoms with Crippen molar-refractivity contribution in [2.45, 2.75) is 6.04 Å². The van der Waals surface area contributed by atoms with E-state index in [1.165, 1.54) is 6.07 Å². The van der Waals surface area contributed by atoms with Gasteiger partial charge in [-0.3, -0.25) is 4.79 Å². The van der Waals surface area contributed by atoms with Crippen molar-refractivity contribution in [3.8, 4) is 6.07 Å². The second kappa shape index (κ2) is 9.29. The number of nitrogens with zero attached hydrogens (tertiary/aromatic N) is 1. The van der Waals surface area contributed by atoms with Gasteiger partial charge in [-0.2, -0.15) is 5.26 Å². The van der Waals surface area contributed by atoms with Crippen LogP contribution in [0.2, 0.25) is 0 Å². The molecule has 0 spiro atoms. The first-order valence-corrected chi connectivity index (χ1v) is 8.81. The average Bonchev–Trinajstić information content (AvgIpc) is 2.75. The summed E-state index contributed by atoms with van der Waals surface area (Å²) in [6.45, 7) is 0. The first kappa shape index (κ1) is 19.8. The van der Waals surface area contributed by atoms with Crippen LogP contribution in [0.5, 0.6) is 0 Å². The molecule has 0 heterocycles. The monoisotopic (exact) mass is 389 g/mol. The van der Waals surface area contributed by atoms with E-state index in [0.717, 1.165) is 29.5 Å². The molecule has 0 bridgehead atoms. The van der Waals surface area contributed by atoms with Crippen LogP contribution in [-0.2, 0) is 4.79 Å². The summed E-state index contributed by atoms with van der Waals surface area (Å²) in [5, 5.41) is 14.5. The van der Waals surface area contributed by atoms with Crippen LogP contribution in [0.15, 0.2) is 90.6 Å². The fourth-order valence-electron chi connectivity index (χ4n) is 2.79. The van der Waals surface area contributed by atoms with Crippen molar-refractivity contribution in [1.82, 2.24) is 5.32 Å². The van der Waals surface area contributed by atoms with Gasteiger partial charge >= 0.3 is 0 Å². The topological polar surface area (TPSA) is 64.9 Å². The summed E-state index contributed by atoms with van der Waals surface area (Å²) >= 11 is 0. The van der Waals surface area contributed by atoms with Gasteiger partial charge in [0, 0.05) is 6.20 Å². The lowest BCUT2D eigenvalue weighted by atomic mass is 9.98. The summed E-state index contributed by atoms with van der Waals surface area (Å²) in [4.78, 5) is 12.7. The van der Waals surface area contributed by atoms with Gasteiger partial charge in [-0.25, -0.2) is 8.78 Å². The standard InChI is InChI=1S/C23H17F2N3O/c24-19-12-7-13-20(25)22(19)27-15-18(14-26)23(29)28-21(16-8-3-1-4-9-16)17-10-5-2-6-11-17/h1-13,15,21,27H,(H,28,29)/b18-15-. The van der Waals surface area contributed by atoms with E-state index in [0.29, 0.717) is 0 Å². The molecule has 0 aromatic heterocycles. The number of para-hydroxylation sites is 1. The molecule has 0 aliphatic rings. The summed E-state index contributed by atoms with van der Waals surface area (Å²) in [5.74, 6) is -2.33. The first-order chi connectivity index (χ1) is 14.1. The van der Waals surface area contributed by atoms with E-state index in [2.05, 4.69) is 10.6 Å². The van der Waals surface area contributed by atoms with Gasteiger partial charge in [0.2, 0.25) is 0 Å². The molecule has 0 saturated heterocycles. The van der Waals surface area contributed by atoms with Gasteiger partial charge in [0.25, 0.3) is 5.91 Å². The number of halogens is 2. The van der Waals surface area contributed by atoms with Crippen LogP contribution in [-0.4, -0.2) is 5.91 Å². The second-order valence-corrected chi connectivity index (χ2v) is 6.14. The van der Waals surface area contributed by atoms with Gasteiger partial charge in [-0.15, -0.1) is 0 Å². The Morgan fingerprint density at radius 1 is 0.862 bits per heavy atom. The number of benzene rings is 3. The van der Waals surface area contributed by atoms with Crippen molar-refractivity contribution in [1.29, 1.82) is 5.26 Å². The van der Waals surface area contributed by atoms with Crippen LogP contribution in [0.4, 0.5) is 14.5 Å². The largest absolute Gasteiger partial charge is 0.355 e. The number of amides is 1. The third kappa shape index (κ3) is 4.85. The van der Waals surface area contributed by atoms with E-state index >= 15 is 0 Å². The van der Waals surface area contributed by atoms with E-state index in [9.17, 15) is 18.8 Å². The Morgan fingerprint density at radius 2 is 1.38 bits per heavy atom. The van der Waals surface area contributed by atoms with Crippen LogP contribution in [0.25, 0.3) is 0 Å². The Balaban J connectivity index is 1.85. The minimum Gasteiger partial charge on any atom is -0.355 e. The van der Waals surface area contributed by atoms with Crippen molar-refractivity contribution in [2.75, 3.05) is 5.32 Å². The molecular formula is C23H17F2N3O. The highest BCUT2D eigenvalue weighted by Gasteiger charge is 2.19. The Morgan fingerprint density at radius 3 is 1.86 bits per heavy atom. The van der Waals surface area contributed by atoms with E-state index in [4.69, 9.17) is 0 Å². The zero-order valence-electron chi connectivity index (χ0n) is 15.3. The van der Waals surface area contributed by atoms with E-state index in [1.54, 1.807) is 6.07 Å². The maximum atomic E-state index is 13.7. The number of nitriles is 1. The van der Waals surface area contributed by atoms with Crippen molar-refractivity contribution < 1.29 is 13.6 Å². The number of carbonyl (C=O) groups excluding carboxylic acids is 1. The fourth-order valence-corrected chi connectivity index (χ4v) is 2.79. The summed E-state index contributed by atoms with van der Waals surface area (Å²) in [5.41, 5.74) is 0.912. The molecule has 3 aromatic rings. The normalized spacial score (nSPS) is 11.0. The van der Waals surface area contributed by atoms with Gasteiger partial charge in [0.1, 0.15) is 29.0 Å². The van der Waals surface area contributed by atoms with Crippen molar-refractivity contribution in [2.24, 2.45) is 0 Å². The number of anilines is 1. The Kier molecular flexibility index (Phi) is 6.33. The minimum absolute atomic E-state index is 0.315. The molecule has 2 N–H and O–H groups in total. The predicted octanol–water partition coefficient (Wildman–Crippen LogP) is 4.69. The van der Waals surface area contributed by atoms with Crippen molar-refractivity contribution in [3.63, 3.8) is 0 Å². The molecule has 3 aromatic carbocycles. The highest BCUT2D eigenvalue weighted by Crippen LogP contribution is 2.22. The van der Waals surface area contributed by atoms with Crippen LogP contribution < -0.4 is 10.6 Å². The zero-order chi connectivity index (χ0) is 20.6. The lowest BCUT2D eigenvalue weighted by molar-refractivity contribution is -0.117. The highest BCUT2D eigenvalue weighted by atomic mass is 19.1. The maximum Gasteiger partial charge on any atom is 0.264 e. The van der Waals surface area contributed by atoms with Gasteiger partial charge in [-0.1, -0.05) is 66.7 Å². The zero-order valence-corrected chi connectivity index (χ0v) is 15.3. The van der Waals surface area contributed by atoms with Gasteiger partial charge in [0.05, 0.1) is 6.04 Å². The molecule has 1 amide bonds. The molecule has 3 rings (SSSR count). The molecule has 0 aliphatic carbocycles. The van der Waals surface area contributed by atoms with Crippen molar-refractivity contribution >= 4 is 11.6 Å². The Bertz CT molecular complexity index is 1000. The lowest BCUT2D eigenvalue weighted by Gasteiger charge is -2.19. The molecule has 0 atom stereocenters. The third-order valence-corrected chi connectivity index (χ3v) is 4.23. The Labute approximate surface area is 167 Å². The molecule has 0 unspecified atom stereocenters. The molecule has 0 saturated carbocycles. The first-order valence-electron chi connectivity index (χ1n) is 8.81. The van der Waals surface area contributed by atoms with Gasteiger partial charge in [0.15, 0.2) is 0 Å². The number of rotatable bonds is 6. The van der Waals surface area contributed by atoms with Gasteiger partial charge in [-0.05, 0) is 23.3 Å². The van der Waals surface area contributed by atoms with E-state index in [1.807, 2.05) is 60.7 Å². The minimum atomic E-state index is -0.828. The Hall–Kier alpha value is -3.98. The average molecular weight is 389 g/mol. The van der Waals surface area contributed by atoms with E-state index < -0.39 is 29.3 Å². The van der Waals surface area contributed by atoms with Crippen LogP contribution in [0, 0.1) is 23.0 Å². The molecule has 4 nitrogen and oxygen atoms in total. The van der Waals surface area contributed by atoms with Crippen molar-refractivity contribution in [3.05, 3.63) is 113 Å². The van der Waals surface area contributed by atoms with Gasteiger partial charge < -0.3 is 10.6 Å². The third-order valence-electron chi connectivity index (χ3n) is 4.23. The summed E-state index contributed by atoms with van der Waals surface area (Å²) in [7, 11) is 0. The molecular weight excluding hydrogens is 372 g/mol. The number of carbonyl (C=O) groups is 1. The second-order valence-electron chi connectivity index (χ2n) is 6.14. The quantitative estimate of drug-likeness (QED) is 0.475. The fraction of sp³-hybridized carbons (Fsp3) is 0.0435. The molecule has 0 radical (unpaired) electrons. The smallest absolute Gasteiger partial charge is 0.264 e. The molecule has 6 heteroatoms. The number of hydrogen-bond acceptors (Lipinski definition) is 3. The van der Waals surface area contributed by atoms with Crippen LogP contribution in [0.3, 0.4) is 0 Å². The summed E-state index contributed by atoms with van der Waals surface area (Å²) in [6.07, 6.45) is 0.990. The maximum absolute atomic E-state index is 13.7. The predicted molar refractivity (Wildman–Crippen MR) is 107 cm³/mol. The van der Waals surface area contributed by atoms with Crippen LogP contribution >= 0.6 is 0 Å². The van der Waals surface area contributed by atoms with Crippen LogP contribution in [0.1, 0.15) is 17.2 Å². The SMILES string of the molecule is N#C/C(=C/Nc1c(F)cccc1F)C(=O)NC(c1ccccc1)c1ccccc1. The number of hydrogen-bond donors (Lipinski definition) is 2. The lowest BCUT2D eigenvalue weighted by Crippen LogP contribution is -2.30. The number of nitrogens with one attached hydrogen (secondary N) is 2. The molecule has 0 fully saturated rings. The molecule has 144 valence electrons. The highest BCUT2D eigenvalue weighted by molar-refractivity contribution is 5.98. The molecule has 0 aliphatic heterocycles.